The van der Waals surface area contributed by atoms with E-state index in [2.05, 4.69) is 47.6 Å². The van der Waals surface area contributed by atoms with Gasteiger partial charge in [0.25, 0.3) is 0 Å². The van der Waals surface area contributed by atoms with Crippen LogP contribution in [0.3, 0.4) is 0 Å². The van der Waals surface area contributed by atoms with Crippen molar-refractivity contribution in [3.8, 4) is 11.5 Å². The van der Waals surface area contributed by atoms with Crippen molar-refractivity contribution in [1.82, 2.24) is 0 Å². The molecule has 5 rings (SSSR count). The summed E-state index contributed by atoms with van der Waals surface area (Å²) in [4.78, 5) is 13.0. The largest absolute Gasteiger partial charge is 0.504 e. The molecule has 6 heteroatoms. The summed E-state index contributed by atoms with van der Waals surface area (Å²) in [6.07, 6.45) is 15.3. The number of phenols is 2. The van der Waals surface area contributed by atoms with Crippen LogP contribution in [0.2, 0.25) is 0 Å². The maximum atomic E-state index is 13.0. The van der Waals surface area contributed by atoms with Crippen molar-refractivity contribution in [1.29, 1.82) is 0 Å². The van der Waals surface area contributed by atoms with Gasteiger partial charge in [-0.2, -0.15) is 0 Å². The molecule has 0 bridgehead atoms. The van der Waals surface area contributed by atoms with Crippen molar-refractivity contribution >= 4 is 12.0 Å². The van der Waals surface area contributed by atoms with Crippen molar-refractivity contribution in [2.45, 2.75) is 124 Å². The Kier molecular flexibility index (Phi) is 9.11. The quantitative estimate of drug-likeness (QED) is 0.101. The maximum absolute atomic E-state index is 13.0. The third-order valence-corrected chi connectivity index (χ3v) is 14.2. The Morgan fingerprint density at radius 2 is 1.67 bits per heavy atom. The summed E-state index contributed by atoms with van der Waals surface area (Å²) in [5.74, 6) is 1.10. The van der Waals surface area contributed by atoms with E-state index in [4.69, 9.17) is 4.74 Å². The van der Waals surface area contributed by atoms with E-state index >= 15 is 0 Å². The zero-order chi connectivity index (χ0) is 33.0. The summed E-state index contributed by atoms with van der Waals surface area (Å²) in [7, 11) is 0. The van der Waals surface area contributed by atoms with Gasteiger partial charge in [0, 0.05) is 11.5 Å². The molecule has 0 aromatic heterocycles. The number of hydrogen-bond donors (Lipinski definition) is 4. The number of hydrogen-bond acceptors (Lipinski definition) is 6. The minimum Gasteiger partial charge on any atom is -0.504 e. The Morgan fingerprint density at radius 3 is 2.36 bits per heavy atom. The van der Waals surface area contributed by atoms with Gasteiger partial charge in [-0.25, -0.2) is 4.79 Å². The molecule has 9 atom stereocenters. The topological polar surface area (TPSA) is 107 Å². The molecule has 1 unspecified atom stereocenters. The standard InChI is InChI=1S/C39H58O6/c1-25(24-40)9-8-19-39(7,44)28-16-21-37(5)27(28)12-14-32-36(4)20-18-33(35(2,3)31(36)17-22-38(32,37)6)45-34(43)15-11-26-10-13-29(41)30(42)23-26/h9-11,13,15,23,27-28,31-33,40-42,44H,8,12,14,16-22,24H2,1-7H3/b15-11+,25-9+/t27-,28+,31+,32-,33?,36+,37-,38-,39+/m1/s1. The first-order valence-corrected chi connectivity index (χ1v) is 17.4. The fourth-order valence-electron chi connectivity index (χ4n) is 11.5. The van der Waals surface area contributed by atoms with Gasteiger partial charge in [-0.1, -0.05) is 52.3 Å². The fraction of sp³-hybridized carbons (Fsp3) is 0.718. The third-order valence-electron chi connectivity index (χ3n) is 14.2. The lowest BCUT2D eigenvalue weighted by molar-refractivity contribution is -0.229. The van der Waals surface area contributed by atoms with E-state index in [1.165, 1.54) is 43.9 Å². The second-order valence-corrected chi connectivity index (χ2v) is 16.8. The minimum absolute atomic E-state index is 0.0793. The molecule has 0 aliphatic heterocycles. The lowest BCUT2D eigenvalue weighted by Gasteiger charge is -2.70. The number of ether oxygens (including phenoxy) is 1. The minimum atomic E-state index is -0.708. The van der Waals surface area contributed by atoms with Gasteiger partial charge in [-0.15, -0.1) is 0 Å². The zero-order valence-electron chi connectivity index (χ0n) is 28.7. The highest BCUT2D eigenvalue weighted by Gasteiger charge is 2.69. The van der Waals surface area contributed by atoms with Gasteiger partial charge >= 0.3 is 5.97 Å². The Labute approximate surface area is 271 Å². The molecular formula is C39H58O6. The Hall–Kier alpha value is -2.31. The number of carbonyl (C=O) groups is 1. The summed E-state index contributed by atoms with van der Waals surface area (Å²) >= 11 is 0. The predicted octanol–water partition coefficient (Wildman–Crippen LogP) is 8.18. The number of rotatable bonds is 8. The van der Waals surface area contributed by atoms with E-state index in [1.807, 2.05) is 6.92 Å². The van der Waals surface area contributed by atoms with Gasteiger partial charge < -0.3 is 25.2 Å². The smallest absolute Gasteiger partial charge is 0.331 e. The van der Waals surface area contributed by atoms with Crippen LogP contribution < -0.4 is 0 Å². The second kappa shape index (κ2) is 12.0. The van der Waals surface area contributed by atoms with Crippen LogP contribution in [-0.2, 0) is 9.53 Å². The van der Waals surface area contributed by atoms with E-state index in [-0.39, 0.29) is 51.8 Å². The molecule has 0 heterocycles. The number of aliphatic hydroxyl groups excluding tert-OH is 1. The van der Waals surface area contributed by atoms with Gasteiger partial charge in [0.05, 0.1) is 12.2 Å². The molecule has 6 nitrogen and oxygen atoms in total. The Bertz CT molecular complexity index is 1330. The molecule has 4 aliphatic carbocycles. The fourth-order valence-corrected chi connectivity index (χ4v) is 11.5. The van der Waals surface area contributed by atoms with Crippen LogP contribution in [0, 0.1) is 45.3 Å². The van der Waals surface area contributed by atoms with Gasteiger partial charge in [0.1, 0.15) is 6.10 Å². The lowest BCUT2D eigenvalue weighted by Crippen LogP contribution is -2.64. The molecule has 0 radical (unpaired) electrons. The average molecular weight is 623 g/mol. The van der Waals surface area contributed by atoms with E-state index in [1.54, 1.807) is 12.1 Å². The second-order valence-electron chi connectivity index (χ2n) is 16.8. The first-order valence-electron chi connectivity index (χ1n) is 17.4. The van der Waals surface area contributed by atoms with E-state index in [0.717, 1.165) is 44.1 Å². The van der Waals surface area contributed by atoms with Crippen molar-refractivity contribution in [3.05, 3.63) is 41.5 Å². The molecule has 0 spiro atoms. The van der Waals surface area contributed by atoms with E-state index in [0.29, 0.717) is 29.2 Å². The summed E-state index contributed by atoms with van der Waals surface area (Å²) in [5.41, 5.74) is 1.29. The predicted molar refractivity (Wildman–Crippen MR) is 178 cm³/mol. The molecule has 4 aliphatic rings. The molecule has 0 saturated heterocycles. The van der Waals surface area contributed by atoms with Crippen molar-refractivity contribution in [3.63, 3.8) is 0 Å². The van der Waals surface area contributed by atoms with Crippen molar-refractivity contribution in [2.75, 3.05) is 6.61 Å². The highest BCUT2D eigenvalue weighted by Crippen LogP contribution is 2.76. The molecule has 4 saturated carbocycles. The summed E-state index contributed by atoms with van der Waals surface area (Å²) in [5, 5.41) is 40.6. The first-order chi connectivity index (χ1) is 21.0. The number of aliphatic hydroxyl groups is 2. The zero-order valence-corrected chi connectivity index (χ0v) is 28.7. The highest BCUT2D eigenvalue weighted by atomic mass is 16.5. The van der Waals surface area contributed by atoms with E-state index < -0.39 is 5.60 Å². The van der Waals surface area contributed by atoms with Crippen LogP contribution in [-0.4, -0.2) is 44.7 Å². The number of carbonyl (C=O) groups excluding carboxylic acids is 1. The molecular weight excluding hydrogens is 564 g/mol. The SMILES string of the molecule is C/C(=C\CC[C@](C)(O)[C@H]1CC[C@]2(C)[C@@H]1CC[C@@H]1[C@@]3(C)CCC(OC(=O)/C=C/c4ccc(O)c(O)c4)C(C)(C)[C@@H]3CC[C@]12C)CO. The number of aromatic hydroxyl groups is 2. The summed E-state index contributed by atoms with van der Waals surface area (Å²) in [6.45, 7) is 16.4. The van der Waals surface area contributed by atoms with Crippen LogP contribution in [0.1, 0.15) is 118 Å². The molecule has 45 heavy (non-hydrogen) atoms. The molecule has 1 aromatic carbocycles. The number of fused-ring (bicyclic) bond motifs is 5. The number of phenolic OH excluding ortho intramolecular Hbond substituents is 2. The maximum Gasteiger partial charge on any atom is 0.331 e. The molecule has 250 valence electrons. The first kappa shape index (κ1) is 34.0. The van der Waals surface area contributed by atoms with Gasteiger partial charge in [-0.05, 0) is 142 Å². The van der Waals surface area contributed by atoms with Gasteiger partial charge in [0.2, 0.25) is 0 Å². The summed E-state index contributed by atoms with van der Waals surface area (Å²) in [6, 6.07) is 4.48. The normalized spacial score (nSPS) is 39.0. The molecule has 1 aromatic rings. The average Bonchev–Trinajstić information content (AvgIpc) is 3.34. The molecule has 4 fully saturated rings. The molecule has 4 N–H and O–H groups in total. The van der Waals surface area contributed by atoms with Gasteiger partial charge in [-0.3, -0.25) is 0 Å². The highest BCUT2D eigenvalue weighted by molar-refractivity contribution is 5.87. The van der Waals surface area contributed by atoms with E-state index in [9.17, 15) is 25.2 Å². The Balaban J connectivity index is 1.30. The van der Waals surface area contributed by atoms with Crippen LogP contribution in [0.5, 0.6) is 11.5 Å². The van der Waals surface area contributed by atoms with Crippen LogP contribution in [0.4, 0.5) is 0 Å². The van der Waals surface area contributed by atoms with Crippen molar-refractivity contribution < 1.29 is 30.0 Å². The number of allylic oxidation sites excluding steroid dienone is 1. The van der Waals surface area contributed by atoms with Gasteiger partial charge in [0.15, 0.2) is 11.5 Å². The lowest BCUT2D eigenvalue weighted by atomic mass is 9.35. The molecule has 0 amide bonds. The van der Waals surface area contributed by atoms with Crippen LogP contribution in [0.15, 0.2) is 35.9 Å². The third kappa shape index (κ3) is 5.77. The van der Waals surface area contributed by atoms with Crippen molar-refractivity contribution in [2.24, 2.45) is 45.3 Å². The monoisotopic (exact) mass is 622 g/mol. The van der Waals surface area contributed by atoms with Crippen LogP contribution in [0.25, 0.3) is 6.08 Å². The van der Waals surface area contributed by atoms with Crippen LogP contribution >= 0.6 is 0 Å². The number of esters is 1. The summed E-state index contributed by atoms with van der Waals surface area (Å²) < 4.78 is 6.15. The Morgan fingerprint density at radius 1 is 0.956 bits per heavy atom. The number of benzene rings is 1.